The molecule has 0 saturated heterocycles. The maximum absolute atomic E-state index is 2.52. The standard InChI is InChI=1S/C70H47N/c1-5-20-52(21-6-1)69(53-22-7-2-8-23-53)65-31-17-15-29-61(65)63-43-40-57(46-67(63)69)71(56-38-35-48(36-39-56)50-37-42-60-51(45-50)34-33-49-19-13-14-28-59(49)60)58-41-44-64-62-30-16-18-32-66(62)70(68(64)47-58,54-24-9-3-10-25-54)55-26-11-4-12-27-55/h1-47H/p+1. The van der Waals surface area contributed by atoms with Crippen molar-refractivity contribution >= 4 is 38.6 Å². The van der Waals surface area contributed by atoms with E-state index in [4.69, 9.17) is 0 Å². The molecule has 0 saturated carbocycles. The van der Waals surface area contributed by atoms with Crippen molar-refractivity contribution in [3.63, 3.8) is 0 Å². The van der Waals surface area contributed by atoms with Gasteiger partial charge in [-0.15, -0.1) is 0 Å². The Balaban J connectivity index is 1.00. The van der Waals surface area contributed by atoms with E-state index in [1.807, 2.05) is 0 Å². The number of nitrogens with one attached hydrogen (secondary N) is 1. The summed E-state index contributed by atoms with van der Waals surface area (Å²) < 4.78 is 0. The van der Waals surface area contributed by atoms with Crippen LogP contribution in [0.4, 0.5) is 17.1 Å². The van der Waals surface area contributed by atoms with Crippen LogP contribution in [0.3, 0.4) is 0 Å². The molecule has 0 atom stereocenters. The van der Waals surface area contributed by atoms with Crippen LogP contribution in [0.1, 0.15) is 44.5 Å². The van der Waals surface area contributed by atoms with E-state index in [2.05, 4.69) is 285 Å². The lowest BCUT2D eigenvalue weighted by Gasteiger charge is -2.34. The predicted molar refractivity (Wildman–Crippen MR) is 294 cm³/mol. The van der Waals surface area contributed by atoms with E-state index in [1.54, 1.807) is 0 Å². The normalized spacial score (nSPS) is 13.7. The van der Waals surface area contributed by atoms with Gasteiger partial charge in [0.2, 0.25) is 0 Å². The average Bonchev–Trinajstić information content (AvgIpc) is 3.92. The van der Waals surface area contributed by atoms with Crippen molar-refractivity contribution in [1.29, 1.82) is 0 Å². The lowest BCUT2D eigenvalue weighted by Crippen LogP contribution is -2.96. The Morgan fingerprint density at radius 1 is 0.225 bits per heavy atom. The zero-order valence-corrected chi connectivity index (χ0v) is 39.1. The number of benzene rings is 12. The zero-order chi connectivity index (χ0) is 46.9. The highest BCUT2D eigenvalue weighted by molar-refractivity contribution is 6.08. The summed E-state index contributed by atoms with van der Waals surface area (Å²) in [6.07, 6.45) is 0. The fourth-order valence-corrected chi connectivity index (χ4v) is 12.7. The maximum Gasteiger partial charge on any atom is 0.141 e. The van der Waals surface area contributed by atoms with Crippen LogP contribution in [0.15, 0.2) is 285 Å². The summed E-state index contributed by atoms with van der Waals surface area (Å²) in [5.41, 5.74) is 20.2. The minimum atomic E-state index is -0.532. The lowest BCUT2D eigenvalue weighted by atomic mass is 9.67. The van der Waals surface area contributed by atoms with Gasteiger partial charge in [-0.05, 0) is 130 Å². The Bertz CT molecular complexity index is 3710. The van der Waals surface area contributed by atoms with Gasteiger partial charge in [0.25, 0.3) is 0 Å². The van der Waals surface area contributed by atoms with Crippen molar-refractivity contribution in [3.8, 4) is 33.4 Å². The molecule has 0 aromatic heterocycles. The monoisotopic (exact) mass is 902 g/mol. The van der Waals surface area contributed by atoms with Crippen LogP contribution in [0.2, 0.25) is 0 Å². The molecule has 0 aliphatic heterocycles. The molecule has 0 fully saturated rings. The van der Waals surface area contributed by atoms with E-state index >= 15 is 0 Å². The van der Waals surface area contributed by atoms with Crippen LogP contribution in [0, 0.1) is 0 Å². The summed E-state index contributed by atoms with van der Waals surface area (Å²) in [4.78, 5) is 1.20. The van der Waals surface area contributed by atoms with Crippen molar-refractivity contribution in [2.24, 2.45) is 0 Å². The van der Waals surface area contributed by atoms with Gasteiger partial charge in [-0.3, -0.25) is 0 Å². The molecule has 0 amide bonds. The summed E-state index contributed by atoms with van der Waals surface area (Å²) >= 11 is 0. The lowest BCUT2D eigenvalue weighted by molar-refractivity contribution is -0.681. The highest BCUT2D eigenvalue weighted by Crippen LogP contribution is 2.58. The Morgan fingerprint density at radius 2 is 0.606 bits per heavy atom. The number of hydrogen-bond acceptors (Lipinski definition) is 0. The molecule has 1 N–H and O–H groups in total. The van der Waals surface area contributed by atoms with Gasteiger partial charge in [-0.1, -0.05) is 218 Å². The summed E-state index contributed by atoms with van der Waals surface area (Å²) in [5.74, 6) is 0. The van der Waals surface area contributed by atoms with Gasteiger partial charge in [0.1, 0.15) is 17.1 Å². The van der Waals surface area contributed by atoms with Crippen LogP contribution in [-0.2, 0) is 10.8 Å². The minimum Gasteiger partial charge on any atom is -0.238 e. The third-order valence-corrected chi connectivity index (χ3v) is 15.7. The molecule has 0 heterocycles. The summed E-state index contributed by atoms with van der Waals surface area (Å²) in [6.45, 7) is 0. The minimum absolute atomic E-state index is 0.532. The fraction of sp³-hybridized carbons (Fsp3) is 0.0286. The van der Waals surface area contributed by atoms with Crippen LogP contribution in [0.5, 0.6) is 0 Å². The first-order chi connectivity index (χ1) is 35.2. The largest absolute Gasteiger partial charge is 0.238 e. The molecule has 0 unspecified atom stereocenters. The Morgan fingerprint density at radius 3 is 1.11 bits per heavy atom. The third-order valence-electron chi connectivity index (χ3n) is 15.7. The summed E-state index contributed by atoms with van der Waals surface area (Å²) in [7, 11) is 0. The quantitative estimate of drug-likeness (QED) is 0.145. The van der Waals surface area contributed by atoms with Crippen LogP contribution in [0.25, 0.3) is 54.9 Å². The summed E-state index contributed by atoms with van der Waals surface area (Å²) in [5, 5.41) is 5.07. The van der Waals surface area contributed by atoms with Crippen molar-refractivity contribution in [1.82, 2.24) is 0 Å². The van der Waals surface area contributed by atoms with E-state index in [9.17, 15) is 0 Å². The maximum atomic E-state index is 2.52. The Kier molecular flexibility index (Phi) is 9.49. The van der Waals surface area contributed by atoms with E-state index in [-0.39, 0.29) is 0 Å². The van der Waals surface area contributed by atoms with Crippen molar-refractivity contribution in [3.05, 3.63) is 330 Å². The first-order valence-electron chi connectivity index (χ1n) is 24.8. The molecule has 14 rings (SSSR count). The Labute approximate surface area is 415 Å². The number of fused-ring (bicyclic) bond motifs is 9. The molecule has 12 aromatic rings. The zero-order valence-electron chi connectivity index (χ0n) is 39.1. The molecule has 0 bridgehead atoms. The molecule has 332 valence electrons. The SMILES string of the molecule is c1ccc(C2(c3ccccc3)c3ccccc3-c3ccc([NH+](c4ccc(-c5ccc6c(ccc7ccccc76)c5)cc4)c4ccc5c(c4)C(c4ccccc4)(c4ccccc4)c4ccccc4-5)cc32)cc1. The molecule has 1 heteroatoms. The van der Waals surface area contributed by atoms with E-state index in [1.165, 1.54) is 121 Å². The molecule has 71 heavy (non-hydrogen) atoms. The van der Waals surface area contributed by atoms with Gasteiger partial charge in [-0.25, -0.2) is 4.90 Å². The second kappa shape index (κ2) is 16.4. The smallest absolute Gasteiger partial charge is 0.141 e. The van der Waals surface area contributed by atoms with Crippen LogP contribution in [-0.4, -0.2) is 0 Å². The van der Waals surface area contributed by atoms with Gasteiger partial charge < -0.3 is 0 Å². The molecule has 0 spiro atoms. The second-order valence-corrected chi connectivity index (χ2v) is 19.3. The second-order valence-electron chi connectivity index (χ2n) is 19.3. The van der Waals surface area contributed by atoms with E-state index in [0.29, 0.717) is 0 Å². The van der Waals surface area contributed by atoms with Crippen molar-refractivity contribution in [2.75, 3.05) is 0 Å². The molecule has 1 nitrogen and oxygen atoms in total. The Hall–Kier alpha value is -8.88. The number of rotatable bonds is 8. The van der Waals surface area contributed by atoms with Gasteiger partial charge in [0.15, 0.2) is 0 Å². The molecule has 2 aliphatic rings. The topological polar surface area (TPSA) is 4.44 Å². The molecular weight excluding hydrogens is 855 g/mol. The number of hydrogen-bond donors (Lipinski definition) is 1. The van der Waals surface area contributed by atoms with E-state index < -0.39 is 10.8 Å². The van der Waals surface area contributed by atoms with Crippen molar-refractivity contribution in [2.45, 2.75) is 10.8 Å². The van der Waals surface area contributed by atoms with Crippen LogP contribution < -0.4 is 4.90 Å². The predicted octanol–water partition coefficient (Wildman–Crippen LogP) is 16.6. The van der Waals surface area contributed by atoms with Crippen molar-refractivity contribution < 1.29 is 4.90 Å². The van der Waals surface area contributed by atoms with Crippen LogP contribution >= 0.6 is 0 Å². The molecule has 0 radical (unpaired) electrons. The molecular formula is C70H48N+. The van der Waals surface area contributed by atoms with E-state index in [0.717, 1.165) is 0 Å². The van der Waals surface area contributed by atoms with Gasteiger partial charge in [0.05, 0.1) is 10.8 Å². The first-order valence-corrected chi connectivity index (χ1v) is 24.8. The third kappa shape index (κ3) is 6.17. The van der Waals surface area contributed by atoms with Gasteiger partial charge >= 0.3 is 0 Å². The highest BCUT2D eigenvalue weighted by atomic mass is 15.1. The average molecular weight is 903 g/mol. The number of quaternary nitrogens is 1. The summed E-state index contributed by atoms with van der Waals surface area (Å²) in [6, 6.07) is 107. The molecule has 12 aromatic carbocycles. The molecule has 2 aliphatic carbocycles. The fourth-order valence-electron chi connectivity index (χ4n) is 12.7. The van der Waals surface area contributed by atoms with Gasteiger partial charge in [0, 0.05) is 36.4 Å². The highest BCUT2D eigenvalue weighted by Gasteiger charge is 2.48. The van der Waals surface area contributed by atoms with Gasteiger partial charge in [-0.2, -0.15) is 0 Å². The first kappa shape index (κ1) is 41.1.